The molecule has 11 heteroatoms. The highest BCUT2D eigenvalue weighted by Crippen LogP contribution is 2.34. The van der Waals surface area contributed by atoms with E-state index >= 15 is 0 Å². The number of alkyl halides is 2. The fraction of sp³-hybridized carbons (Fsp3) is 0.364. The molecule has 0 saturated carbocycles. The molecule has 0 amide bonds. The standard InChI is InChI=1S/C22H24F2N8O/c1-3-30-6-5-16(30)13-33-18-11-26-32(22(23)24)21(18)15-4-7-31-17(8-15)9-19(29-31)28-20-12-25-10-14(2)27-20/h4,7-12,16,22H,3,5-6,13H2,1-2H3,(H,27,28,29)/t16-/m1/s1. The van der Waals surface area contributed by atoms with Gasteiger partial charge in [0, 0.05) is 36.6 Å². The minimum Gasteiger partial charge on any atom is -0.488 e. The van der Waals surface area contributed by atoms with Crippen molar-refractivity contribution in [1.82, 2.24) is 34.3 Å². The first-order valence-electron chi connectivity index (χ1n) is 10.8. The third-order valence-corrected chi connectivity index (χ3v) is 5.80. The summed E-state index contributed by atoms with van der Waals surface area (Å²) in [5.41, 5.74) is 2.32. The molecule has 0 aliphatic carbocycles. The van der Waals surface area contributed by atoms with Gasteiger partial charge in [-0.3, -0.25) is 9.88 Å². The van der Waals surface area contributed by atoms with Crippen molar-refractivity contribution in [3.05, 3.63) is 48.7 Å². The summed E-state index contributed by atoms with van der Waals surface area (Å²) >= 11 is 0. The van der Waals surface area contributed by atoms with Crippen molar-refractivity contribution in [1.29, 1.82) is 0 Å². The summed E-state index contributed by atoms with van der Waals surface area (Å²) in [4.78, 5) is 10.8. The lowest BCUT2D eigenvalue weighted by Gasteiger charge is -2.39. The Morgan fingerprint density at radius 3 is 2.82 bits per heavy atom. The van der Waals surface area contributed by atoms with Crippen LogP contribution in [0.25, 0.3) is 16.8 Å². The van der Waals surface area contributed by atoms with Gasteiger partial charge in [0.05, 0.1) is 23.6 Å². The van der Waals surface area contributed by atoms with E-state index in [4.69, 9.17) is 4.74 Å². The van der Waals surface area contributed by atoms with Crippen molar-refractivity contribution >= 4 is 17.2 Å². The molecule has 1 saturated heterocycles. The van der Waals surface area contributed by atoms with Crippen molar-refractivity contribution in [2.45, 2.75) is 32.9 Å². The maximum atomic E-state index is 13.7. The largest absolute Gasteiger partial charge is 0.488 e. The van der Waals surface area contributed by atoms with Gasteiger partial charge in [0.1, 0.15) is 18.1 Å². The van der Waals surface area contributed by atoms with Crippen LogP contribution < -0.4 is 10.1 Å². The van der Waals surface area contributed by atoms with Crippen LogP contribution in [0.2, 0.25) is 0 Å². The quantitative estimate of drug-likeness (QED) is 0.432. The summed E-state index contributed by atoms with van der Waals surface area (Å²) in [6.45, 7) is 3.59. The lowest BCUT2D eigenvalue weighted by molar-refractivity contribution is 0.0535. The van der Waals surface area contributed by atoms with Crippen LogP contribution in [0.15, 0.2) is 43.0 Å². The summed E-state index contributed by atoms with van der Waals surface area (Å²) in [6.07, 6.45) is 7.39. The van der Waals surface area contributed by atoms with Gasteiger partial charge in [0.2, 0.25) is 0 Å². The fourth-order valence-electron chi connectivity index (χ4n) is 4.02. The Bertz CT molecular complexity index is 1270. The van der Waals surface area contributed by atoms with E-state index in [0.717, 1.165) is 30.7 Å². The third-order valence-electron chi connectivity index (χ3n) is 5.80. The molecule has 4 aromatic rings. The summed E-state index contributed by atoms with van der Waals surface area (Å²) in [7, 11) is 0. The highest BCUT2D eigenvalue weighted by atomic mass is 19.3. The minimum atomic E-state index is -2.79. The number of ether oxygens (including phenoxy) is 1. The van der Waals surface area contributed by atoms with Gasteiger partial charge in [-0.15, -0.1) is 0 Å². The zero-order chi connectivity index (χ0) is 22.9. The molecule has 33 heavy (non-hydrogen) atoms. The predicted octanol–water partition coefficient (Wildman–Crippen LogP) is 3.91. The van der Waals surface area contributed by atoms with E-state index in [1.54, 1.807) is 35.2 Å². The molecule has 172 valence electrons. The van der Waals surface area contributed by atoms with Crippen molar-refractivity contribution < 1.29 is 13.5 Å². The molecule has 9 nitrogen and oxygen atoms in total. The van der Waals surface area contributed by atoms with Gasteiger partial charge >= 0.3 is 6.55 Å². The van der Waals surface area contributed by atoms with Gasteiger partial charge < -0.3 is 10.1 Å². The molecule has 1 N–H and O–H groups in total. The van der Waals surface area contributed by atoms with Gasteiger partial charge in [-0.25, -0.2) is 9.50 Å². The number of pyridine rings is 1. The number of halogens is 2. The number of fused-ring (bicyclic) bond motifs is 1. The number of nitrogens with one attached hydrogen (secondary N) is 1. The molecular formula is C22H24F2N8O. The molecule has 0 radical (unpaired) electrons. The van der Waals surface area contributed by atoms with Crippen molar-refractivity contribution in [2.24, 2.45) is 0 Å². The van der Waals surface area contributed by atoms with Gasteiger partial charge in [-0.2, -0.15) is 23.7 Å². The van der Waals surface area contributed by atoms with Crippen molar-refractivity contribution in [3.8, 4) is 17.0 Å². The molecule has 0 bridgehead atoms. The number of likely N-dealkylation sites (N-methyl/N-ethyl adjacent to an activating group) is 1. The summed E-state index contributed by atoms with van der Waals surface area (Å²) in [5.74, 6) is 1.48. The maximum Gasteiger partial charge on any atom is 0.333 e. The molecule has 4 aromatic heterocycles. The number of aromatic nitrogens is 6. The van der Waals surface area contributed by atoms with Crippen LogP contribution in [0.5, 0.6) is 5.75 Å². The Morgan fingerprint density at radius 2 is 2.09 bits per heavy atom. The van der Waals surface area contributed by atoms with E-state index in [1.165, 1.54) is 6.20 Å². The van der Waals surface area contributed by atoms with Crippen molar-refractivity contribution in [2.75, 3.05) is 25.0 Å². The average Bonchev–Trinajstić information content (AvgIpc) is 3.36. The highest BCUT2D eigenvalue weighted by molar-refractivity contribution is 5.72. The summed E-state index contributed by atoms with van der Waals surface area (Å²) < 4.78 is 35.7. The van der Waals surface area contributed by atoms with Crippen LogP contribution in [0.1, 0.15) is 25.6 Å². The van der Waals surface area contributed by atoms with Crippen LogP contribution >= 0.6 is 0 Å². The van der Waals surface area contributed by atoms with Crippen LogP contribution in [0.4, 0.5) is 20.4 Å². The monoisotopic (exact) mass is 454 g/mol. The van der Waals surface area contributed by atoms with E-state index in [0.29, 0.717) is 40.3 Å². The molecule has 0 spiro atoms. The summed E-state index contributed by atoms with van der Waals surface area (Å²) in [5, 5.41) is 11.5. The number of hydrogen-bond donors (Lipinski definition) is 1. The normalized spacial score (nSPS) is 16.3. The van der Waals surface area contributed by atoms with Gasteiger partial charge in [0.25, 0.3) is 0 Å². The second-order valence-electron chi connectivity index (χ2n) is 7.95. The summed E-state index contributed by atoms with van der Waals surface area (Å²) in [6, 6.07) is 5.61. The molecule has 5 heterocycles. The number of anilines is 2. The molecule has 1 aliphatic rings. The topological polar surface area (TPSA) is 85.4 Å². The molecule has 1 aliphatic heterocycles. The number of nitrogens with zero attached hydrogens (tertiary/aromatic N) is 7. The first-order chi connectivity index (χ1) is 16.0. The van der Waals surface area contributed by atoms with E-state index in [9.17, 15) is 8.78 Å². The Kier molecular flexibility index (Phi) is 5.63. The first-order valence-corrected chi connectivity index (χ1v) is 10.8. The number of rotatable bonds is 8. The predicted molar refractivity (Wildman–Crippen MR) is 119 cm³/mol. The molecule has 0 unspecified atom stereocenters. The number of likely N-dealkylation sites (tertiary alicyclic amines) is 1. The Hall–Kier alpha value is -3.60. The average molecular weight is 454 g/mol. The van der Waals surface area contributed by atoms with Gasteiger partial charge in [-0.1, -0.05) is 6.92 Å². The number of aryl methyl sites for hydroxylation is 1. The van der Waals surface area contributed by atoms with E-state index in [1.807, 2.05) is 13.0 Å². The van der Waals surface area contributed by atoms with E-state index in [2.05, 4.69) is 37.3 Å². The Morgan fingerprint density at radius 1 is 1.21 bits per heavy atom. The van der Waals surface area contributed by atoms with E-state index in [-0.39, 0.29) is 5.69 Å². The zero-order valence-corrected chi connectivity index (χ0v) is 18.3. The molecular weight excluding hydrogens is 430 g/mol. The van der Waals surface area contributed by atoms with Gasteiger partial charge in [0.15, 0.2) is 11.6 Å². The van der Waals surface area contributed by atoms with Crippen molar-refractivity contribution in [3.63, 3.8) is 0 Å². The smallest absolute Gasteiger partial charge is 0.333 e. The maximum absolute atomic E-state index is 13.7. The second kappa shape index (κ2) is 8.74. The molecule has 5 rings (SSSR count). The second-order valence-corrected chi connectivity index (χ2v) is 7.95. The van der Waals surface area contributed by atoms with E-state index < -0.39 is 6.55 Å². The highest BCUT2D eigenvalue weighted by Gasteiger charge is 2.28. The zero-order valence-electron chi connectivity index (χ0n) is 18.3. The minimum absolute atomic E-state index is 0.245. The lowest BCUT2D eigenvalue weighted by atomic mass is 10.0. The third kappa shape index (κ3) is 4.23. The lowest BCUT2D eigenvalue weighted by Crippen LogP contribution is -2.50. The van der Waals surface area contributed by atoms with Crippen LogP contribution in [0, 0.1) is 6.92 Å². The molecule has 1 fully saturated rings. The first kappa shape index (κ1) is 21.3. The van der Waals surface area contributed by atoms with Gasteiger partial charge in [-0.05, 0) is 32.0 Å². The van der Waals surface area contributed by atoms with Crippen LogP contribution in [-0.2, 0) is 0 Å². The fourth-order valence-corrected chi connectivity index (χ4v) is 4.02. The number of hydrogen-bond acceptors (Lipinski definition) is 7. The molecule has 0 aromatic carbocycles. The SMILES string of the molecule is CCN1CC[C@@H]1COc1cnn(C(F)F)c1-c1ccn2nc(Nc3cncc(C)n3)cc2c1. The Labute approximate surface area is 189 Å². The van der Waals surface area contributed by atoms with Crippen LogP contribution in [-0.4, -0.2) is 60.0 Å². The Balaban J connectivity index is 1.43. The van der Waals surface area contributed by atoms with Crippen LogP contribution in [0.3, 0.4) is 0 Å². The molecule has 1 atom stereocenters.